The molecule has 2 aromatic rings. The fourth-order valence-corrected chi connectivity index (χ4v) is 2.24. The standard InChI is InChI=1S/C11H15N3S/c1-9(10-3-5-15-7-10)13-4-2-11-6-12-8-14-11/h3,5-9,13H,2,4H2,1H3,(H,12,14). The number of aromatic amines is 1. The van der Waals surface area contributed by atoms with Crippen molar-refractivity contribution in [2.45, 2.75) is 19.4 Å². The van der Waals surface area contributed by atoms with Gasteiger partial charge in [-0.1, -0.05) is 0 Å². The average molecular weight is 221 g/mol. The lowest BCUT2D eigenvalue weighted by molar-refractivity contribution is 0.576. The molecule has 80 valence electrons. The first-order valence-electron chi connectivity index (χ1n) is 5.09. The number of aromatic nitrogens is 2. The number of nitrogens with one attached hydrogen (secondary N) is 2. The second-order valence-electron chi connectivity index (χ2n) is 3.56. The highest BCUT2D eigenvalue weighted by Gasteiger charge is 2.04. The number of H-pyrrole nitrogens is 1. The maximum atomic E-state index is 3.99. The van der Waals surface area contributed by atoms with Crippen LogP contribution in [0.4, 0.5) is 0 Å². The van der Waals surface area contributed by atoms with Gasteiger partial charge in [0, 0.05) is 30.9 Å². The van der Waals surface area contributed by atoms with E-state index in [0.29, 0.717) is 6.04 Å². The van der Waals surface area contributed by atoms with Crippen molar-refractivity contribution < 1.29 is 0 Å². The van der Waals surface area contributed by atoms with E-state index in [2.05, 4.69) is 39.0 Å². The zero-order chi connectivity index (χ0) is 10.5. The zero-order valence-electron chi connectivity index (χ0n) is 8.73. The Morgan fingerprint density at radius 2 is 2.53 bits per heavy atom. The summed E-state index contributed by atoms with van der Waals surface area (Å²) in [7, 11) is 0. The first-order valence-corrected chi connectivity index (χ1v) is 6.03. The van der Waals surface area contributed by atoms with E-state index >= 15 is 0 Å². The van der Waals surface area contributed by atoms with Crippen molar-refractivity contribution in [1.82, 2.24) is 15.3 Å². The van der Waals surface area contributed by atoms with E-state index in [9.17, 15) is 0 Å². The molecule has 0 aliphatic carbocycles. The van der Waals surface area contributed by atoms with Crippen LogP contribution < -0.4 is 5.32 Å². The van der Waals surface area contributed by atoms with Crippen LogP contribution in [0.5, 0.6) is 0 Å². The van der Waals surface area contributed by atoms with Crippen LogP contribution in [-0.2, 0) is 6.42 Å². The largest absolute Gasteiger partial charge is 0.348 e. The third-order valence-corrected chi connectivity index (χ3v) is 3.14. The highest BCUT2D eigenvalue weighted by atomic mass is 32.1. The summed E-state index contributed by atoms with van der Waals surface area (Å²) < 4.78 is 0. The molecule has 1 atom stereocenters. The fourth-order valence-electron chi connectivity index (χ4n) is 1.48. The topological polar surface area (TPSA) is 40.7 Å². The summed E-state index contributed by atoms with van der Waals surface area (Å²) in [6.07, 6.45) is 4.59. The molecule has 0 aromatic carbocycles. The summed E-state index contributed by atoms with van der Waals surface area (Å²) in [4.78, 5) is 7.08. The van der Waals surface area contributed by atoms with Gasteiger partial charge < -0.3 is 10.3 Å². The molecule has 1 unspecified atom stereocenters. The Morgan fingerprint density at radius 3 is 3.20 bits per heavy atom. The molecule has 0 spiro atoms. The quantitative estimate of drug-likeness (QED) is 0.813. The lowest BCUT2D eigenvalue weighted by atomic mass is 10.2. The molecule has 3 nitrogen and oxygen atoms in total. The number of thiophene rings is 1. The first-order chi connectivity index (χ1) is 7.36. The molecular weight excluding hydrogens is 206 g/mol. The van der Waals surface area contributed by atoms with Gasteiger partial charge in [0.25, 0.3) is 0 Å². The summed E-state index contributed by atoms with van der Waals surface area (Å²) in [6.45, 7) is 3.16. The van der Waals surface area contributed by atoms with Gasteiger partial charge in [0.1, 0.15) is 0 Å². The second kappa shape index (κ2) is 5.09. The molecular formula is C11H15N3S. The number of imidazole rings is 1. The predicted octanol–water partition coefficient (Wildman–Crippen LogP) is 2.36. The van der Waals surface area contributed by atoms with Crippen LogP contribution in [0.1, 0.15) is 24.2 Å². The lowest BCUT2D eigenvalue weighted by Gasteiger charge is -2.11. The van der Waals surface area contributed by atoms with E-state index in [1.807, 2.05) is 6.20 Å². The van der Waals surface area contributed by atoms with Gasteiger partial charge in [-0.25, -0.2) is 4.98 Å². The SMILES string of the molecule is CC(NCCc1cnc[nH]1)c1ccsc1. The third kappa shape index (κ3) is 2.91. The molecule has 0 aliphatic rings. The minimum atomic E-state index is 0.430. The molecule has 0 amide bonds. The van der Waals surface area contributed by atoms with Crippen LogP contribution in [0.25, 0.3) is 0 Å². The van der Waals surface area contributed by atoms with E-state index in [1.165, 1.54) is 11.3 Å². The van der Waals surface area contributed by atoms with E-state index < -0.39 is 0 Å². The summed E-state index contributed by atoms with van der Waals surface area (Å²) in [5, 5.41) is 7.78. The summed E-state index contributed by atoms with van der Waals surface area (Å²) >= 11 is 1.74. The molecule has 0 saturated heterocycles. The highest BCUT2D eigenvalue weighted by molar-refractivity contribution is 7.07. The zero-order valence-corrected chi connectivity index (χ0v) is 9.55. The van der Waals surface area contributed by atoms with Gasteiger partial charge >= 0.3 is 0 Å². The van der Waals surface area contributed by atoms with Crippen molar-refractivity contribution in [3.8, 4) is 0 Å². The van der Waals surface area contributed by atoms with Gasteiger partial charge in [-0.3, -0.25) is 0 Å². The summed E-state index contributed by atoms with van der Waals surface area (Å²) in [5.74, 6) is 0. The minimum absolute atomic E-state index is 0.430. The van der Waals surface area contributed by atoms with E-state index in [0.717, 1.165) is 13.0 Å². The fraction of sp³-hybridized carbons (Fsp3) is 0.364. The molecule has 0 saturated carbocycles. The van der Waals surface area contributed by atoms with Gasteiger partial charge in [0.15, 0.2) is 0 Å². The average Bonchev–Trinajstić information content (AvgIpc) is 2.90. The Labute approximate surface area is 93.6 Å². The first kappa shape index (κ1) is 10.4. The Kier molecular flexibility index (Phi) is 3.53. The van der Waals surface area contributed by atoms with Crippen molar-refractivity contribution in [2.24, 2.45) is 0 Å². The van der Waals surface area contributed by atoms with Crippen molar-refractivity contribution >= 4 is 11.3 Å². The summed E-state index contributed by atoms with van der Waals surface area (Å²) in [6, 6.07) is 2.59. The molecule has 0 bridgehead atoms. The number of hydrogen-bond donors (Lipinski definition) is 2. The molecule has 2 aromatic heterocycles. The molecule has 0 fully saturated rings. The molecule has 2 N–H and O–H groups in total. The number of rotatable bonds is 5. The lowest BCUT2D eigenvalue weighted by Crippen LogP contribution is -2.20. The van der Waals surface area contributed by atoms with E-state index in [1.54, 1.807) is 17.7 Å². The second-order valence-corrected chi connectivity index (χ2v) is 4.34. The molecule has 2 heterocycles. The van der Waals surface area contributed by atoms with Gasteiger partial charge in [-0.2, -0.15) is 11.3 Å². The van der Waals surface area contributed by atoms with Gasteiger partial charge in [0.05, 0.1) is 6.33 Å². The smallest absolute Gasteiger partial charge is 0.0921 e. The van der Waals surface area contributed by atoms with Crippen molar-refractivity contribution in [3.63, 3.8) is 0 Å². The molecule has 4 heteroatoms. The monoisotopic (exact) mass is 221 g/mol. The normalized spacial score (nSPS) is 12.9. The van der Waals surface area contributed by atoms with Crippen molar-refractivity contribution in [1.29, 1.82) is 0 Å². The maximum Gasteiger partial charge on any atom is 0.0921 e. The van der Waals surface area contributed by atoms with Gasteiger partial charge in [0.2, 0.25) is 0 Å². The molecule has 0 radical (unpaired) electrons. The van der Waals surface area contributed by atoms with Gasteiger partial charge in [-0.05, 0) is 29.3 Å². The third-order valence-electron chi connectivity index (χ3n) is 2.44. The van der Waals surface area contributed by atoms with Crippen molar-refractivity contribution in [3.05, 3.63) is 40.6 Å². The molecule has 15 heavy (non-hydrogen) atoms. The Balaban J connectivity index is 1.74. The minimum Gasteiger partial charge on any atom is -0.348 e. The van der Waals surface area contributed by atoms with Gasteiger partial charge in [-0.15, -0.1) is 0 Å². The van der Waals surface area contributed by atoms with Crippen LogP contribution in [0.15, 0.2) is 29.4 Å². The summed E-state index contributed by atoms with van der Waals surface area (Å²) in [5.41, 5.74) is 2.55. The van der Waals surface area contributed by atoms with Crippen molar-refractivity contribution in [2.75, 3.05) is 6.54 Å². The maximum absolute atomic E-state index is 3.99. The predicted molar refractivity (Wildman–Crippen MR) is 63.0 cm³/mol. The van der Waals surface area contributed by atoms with Crippen LogP contribution in [0.3, 0.4) is 0 Å². The highest BCUT2D eigenvalue weighted by Crippen LogP contribution is 2.15. The molecule has 0 aliphatic heterocycles. The van der Waals surface area contributed by atoms with Crippen LogP contribution in [0, 0.1) is 0 Å². The number of hydrogen-bond acceptors (Lipinski definition) is 3. The van der Waals surface area contributed by atoms with Crippen LogP contribution >= 0.6 is 11.3 Å². The van der Waals surface area contributed by atoms with E-state index in [-0.39, 0.29) is 0 Å². The van der Waals surface area contributed by atoms with E-state index in [4.69, 9.17) is 0 Å². The Bertz CT molecular complexity index is 366. The van der Waals surface area contributed by atoms with Crippen LogP contribution in [0.2, 0.25) is 0 Å². The number of nitrogens with zero attached hydrogens (tertiary/aromatic N) is 1. The Hall–Kier alpha value is -1.13. The Morgan fingerprint density at radius 1 is 1.60 bits per heavy atom. The van der Waals surface area contributed by atoms with Crippen LogP contribution in [-0.4, -0.2) is 16.5 Å². The molecule has 2 rings (SSSR count).